The molecular formula is C16H22N4OS. The van der Waals surface area contributed by atoms with Crippen LogP contribution in [0.3, 0.4) is 0 Å². The number of nitrogens with zero attached hydrogens (tertiary/aromatic N) is 3. The molecule has 1 N–H and O–H groups in total. The number of fused-ring (bicyclic) bond motifs is 1. The number of para-hydroxylation sites is 2. The van der Waals surface area contributed by atoms with Crippen LogP contribution in [0.1, 0.15) is 13.3 Å². The Bertz CT molecular complexity index is 649. The van der Waals surface area contributed by atoms with E-state index < -0.39 is 0 Å². The number of piperazine rings is 1. The summed E-state index contributed by atoms with van der Waals surface area (Å²) in [6.45, 7) is 6.50. The van der Waals surface area contributed by atoms with Gasteiger partial charge in [-0.2, -0.15) is 0 Å². The summed E-state index contributed by atoms with van der Waals surface area (Å²) in [5, 5.41) is 4.22. The van der Waals surface area contributed by atoms with E-state index >= 15 is 0 Å². The van der Waals surface area contributed by atoms with Gasteiger partial charge in [0.15, 0.2) is 5.16 Å². The van der Waals surface area contributed by atoms with E-state index in [9.17, 15) is 4.79 Å². The van der Waals surface area contributed by atoms with Gasteiger partial charge in [-0.15, -0.1) is 0 Å². The summed E-state index contributed by atoms with van der Waals surface area (Å²) < 4.78 is 2.23. The number of aromatic nitrogens is 2. The molecule has 1 aliphatic rings. The molecule has 1 amide bonds. The van der Waals surface area contributed by atoms with Gasteiger partial charge in [0.2, 0.25) is 5.91 Å². The van der Waals surface area contributed by atoms with Crippen molar-refractivity contribution in [3.8, 4) is 0 Å². The second kappa shape index (κ2) is 7.15. The summed E-state index contributed by atoms with van der Waals surface area (Å²) in [5.74, 6) is 0.675. The van der Waals surface area contributed by atoms with Crippen LogP contribution in [0.25, 0.3) is 11.0 Å². The maximum absolute atomic E-state index is 12.3. The fraction of sp³-hybridized carbons (Fsp3) is 0.500. The molecule has 1 aliphatic heterocycles. The molecule has 1 aromatic heterocycles. The van der Waals surface area contributed by atoms with Crippen molar-refractivity contribution in [1.82, 2.24) is 19.8 Å². The molecular weight excluding hydrogens is 296 g/mol. The van der Waals surface area contributed by atoms with E-state index in [1.165, 1.54) is 0 Å². The van der Waals surface area contributed by atoms with E-state index in [1.807, 2.05) is 23.1 Å². The first-order chi connectivity index (χ1) is 10.8. The second-order valence-electron chi connectivity index (χ2n) is 5.45. The van der Waals surface area contributed by atoms with Gasteiger partial charge in [-0.05, 0) is 18.6 Å². The van der Waals surface area contributed by atoms with Crippen LogP contribution in [0.2, 0.25) is 0 Å². The third-order valence-electron chi connectivity index (χ3n) is 3.86. The van der Waals surface area contributed by atoms with Crippen LogP contribution in [0.15, 0.2) is 29.4 Å². The molecule has 5 nitrogen and oxygen atoms in total. The fourth-order valence-corrected chi connectivity index (χ4v) is 3.68. The van der Waals surface area contributed by atoms with Crippen molar-refractivity contribution in [3.05, 3.63) is 24.3 Å². The minimum atomic E-state index is 0.210. The van der Waals surface area contributed by atoms with Crippen LogP contribution in [-0.4, -0.2) is 52.3 Å². The van der Waals surface area contributed by atoms with Crippen molar-refractivity contribution >= 4 is 28.7 Å². The molecule has 0 saturated carbocycles. The highest BCUT2D eigenvalue weighted by molar-refractivity contribution is 7.99. The first-order valence-corrected chi connectivity index (χ1v) is 8.84. The average Bonchev–Trinajstić information content (AvgIpc) is 2.92. The zero-order chi connectivity index (χ0) is 15.4. The zero-order valence-electron chi connectivity index (χ0n) is 12.9. The lowest BCUT2D eigenvalue weighted by atomic mass is 10.3. The van der Waals surface area contributed by atoms with E-state index in [2.05, 4.69) is 22.9 Å². The van der Waals surface area contributed by atoms with Crippen molar-refractivity contribution in [2.75, 3.05) is 31.9 Å². The topological polar surface area (TPSA) is 50.2 Å². The van der Waals surface area contributed by atoms with Gasteiger partial charge in [0.25, 0.3) is 0 Å². The summed E-state index contributed by atoms with van der Waals surface area (Å²) in [4.78, 5) is 18.9. The molecule has 2 aromatic rings. The molecule has 0 atom stereocenters. The van der Waals surface area contributed by atoms with Gasteiger partial charge in [-0.1, -0.05) is 30.8 Å². The number of imidazole rings is 1. The summed E-state index contributed by atoms with van der Waals surface area (Å²) >= 11 is 1.55. The first kappa shape index (κ1) is 15.4. The van der Waals surface area contributed by atoms with E-state index in [1.54, 1.807) is 11.8 Å². The number of nitrogens with one attached hydrogen (secondary N) is 1. The molecule has 2 heterocycles. The number of thioether (sulfide) groups is 1. The molecule has 1 saturated heterocycles. The second-order valence-corrected chi connectivity index (χ2v) is 6.40. The van der Waals surface area contributed by atoms with E-state index in [0.717, 1.165) is 55.3 Å². The maximum atomic E-state index is 12.3. The third kappa shape index (κ3) is 3.28. The van der Waals surface area contributed by atoms with Gasteiger partial charge in [-0.25, -0.2) is 4.98 Å². The highest BCUT2D eigenvalue weighted by atomic mass is 32.2. The Balaban J connectivity index is 1.72. The number of hydrogen-bond donors (Lipinski definition) is 1. The highest BCUT2D eigenvalue weighted by Crippen LogP contribution is 2.24. The quantitative estimate of drug-likeness (QED) is 0.857. The van der Waals surface area contributed by atoms with E-state index in [-0.39, 0.29) is 5.91 Å². The minimum Gasteiger partial charge on any atom is -0.339 e. The molecule has 0 radical (unpaired) electrons. The number of hydrogen-bond acceptors (Lipinski definition) is 4. The molecule has 6 heteroatoms. The van der Waals surface area contributed by atoms with Crippen LogP contribution < -0.4 is 5.32 Å². The number of carbonyl (C=O) groups excluding carboxylic acids is 1. The van der Waals surface area contributed by atoms with Crippen molar-refractivity contribution in [1.29, 1.82) is 0 Å². The fourth-order valence-electron chi connectivity index (χ4n) is 2.74. The predicted octanol–water partition coefficient (Wildman–Crippen LogP) is 1.97. The monoisotopic (exact) mass is 318 g/mol. The van der Waals surface area contributed by atoms with Gasteiger partial charge >= 0.3 is 0 Å². The molecule has 0 bridgehead atoms. The van der Waals surface area contributed by atoms with Crippen molar-refractivity contribution < 1.29 is 4.79 Å². The van der Waals surface area contributed by atoms with Crippen LogP contribution in [0.4, 0.5) is 0 Å². The third-order valence-corrected chi connectivity index (χ3v) is 4.82. The van der Waals surface area contributed by atoms with Crippen molar-refractivity contribution in [3.63, 3.8) is 0 Å². The van der Waals surface area contributed by atoms with Crippen LogP contribution in [0, 0.1) is 0 Å². The summed E-state index contributed by atoms with van der Waals surface area (Å²) in [6, 6.07) is 8.17. The molecule has 22 heavy (non-hydrogen) atoms. The average molecular weight is 318 g/mol. The van der Waals surface area contributed by atoms with Gasteiger partial charge in [-0.3, -0.25) is 4.79 Å². The normalized spacial score (nSPS) is 15.4. The first-order valence-electron chi connectivity index (χ1n) is 7.86. The van der Waals surface area contributed by atoms with Gasteiger partial charge in [0.1, 0.15) is 0 Å². The molecule has 1 fully saturated rings. The minimum absolute atomic E-state index is 0.210. The Hall–Kier alpha value is -1.53. The van der Waals surface area contributed by atoms with Crippen LogP contribution >= 0.6 is 11.8 Å². The van der Waals surface area contributed by atoms with Crippen molar-refractivity contribution in [2.45, 2.75) is 25.0 Å². The Morgan fingerprint density at radius 2 is 2.09 bits per heavy atom. The number of carbonyl (C=O) groups is 1. The Morgan fingerprint density at radius 1 is 1.32 bits per heavy atom. The number of aryl methyl sites for hydroxylation is 1. The van der Waals surface area contributed by atoms with Gasteiger partial charge in [0, 0.05) is 32.7 Å². The van der Waals surface area contributed by atoms with Gasteiger partial charge in [0.05, 0.1) is 16.8 Å². The lowest BCUT2D eigenvalue weighted by Gasteiger charge is -2.27. The highest BCUT2D eigenvalue weighted by Gasteiger charge is 2.18. The summed E-state index contributed by atoms with van der Waals surface area (Å²) in [6.07, 6.45) is 1.06. The lowest BCUT2D eigenvalue weighted by molar-refractivity contribution is -0.128. The lowest BCUT2D eigenvalue weighted by Crippen LogP contribution is -2.47. The SMILES string of the molecule is CCCn1c(SCC(=O)N2CCNCC2)nc2ccccc21. The molecule has 0 spiro atoms. The standard InChI is InChI=1S/C16H22N4OS/c1-2-9-20-14-6-4-3-5-13(14)18-16(20)22-12-15(21)19-10-7-17-8-11-19/h3-6,17H,2,7-12H2,1H3. The summed E-state index contributed by atoms with van der Waals surface area (Å²) in [7, 11) is 0. The number of rotatable bonds is 5. The van der Waals surface area contributed by atoms with Crippen molar-refractivity contribution in [2.24, 2.45) is 0 Å². The smallest absolute Gasteiger partial charge is 0.233 e. The Kier molecular flexibility index (Phi) is 5.00. The zero-order valence-corrected chi connectivity index (χ0v) is 13.7. The molecule has 0 unspecified atom stereocenters. The summed E-state index contributed by atoms with van der Waals surface area (Å²) in [5.41, 5.74) is 2.16. The Morgan fingerprint density at radius 3 is 2.86 bits per heavy atom. The number of benzene rings is 1. The van der Waals surface area contributed by atoms with E-state index in [4.69, 9.17) is 4.98 Å². The van der Waals surface area contributed by atoms with Crippen LogP contribution in [-0.2, 0) is 11.3 Å². The molecule has 3 rings (SSSR count). The Labute approximate surface area is 135 Å². The largest absolute Gasteiger partial charge is 0.339 e. The maximum Gasteiger partial charge on any atom is 0.233 e. The number of amides is 1. The molecule has 1 aromatic carbocycles. The van der Waals surface area contributed by atoms with Crippen LogP contribution in [0.5, 0.6) is 0 Å². The molecule has 0 aliphatic carbocycles. The van der Waals surface area contributed by atoms with E-state index in [0.29, 0.717) is 5.75 Å². The predicted molar refractivity (Wildman–Crippen MR) is 90.2 cm³/mol. The van der Waals surface area contributed by atoms with Gasteiger partial charge < -0.3 is 14.8 Å². The molecule has 118 valence electrons.